The van der Waals surface area contributed by atoms with E-state index in [4.69, 9.17) is 9.15 Å². The zero-order valence-corrected chi connectivity index (χ0v) is 24.9. The number of rotatable bonds is 8. The first-order valence-electron chi connectivity index (χ1n) is 13.2. The third-order valence-electron chi connectivity index (χ3n) is 6.96. The third-order valence-corrected chi connectivity index (χ3v) is 8.62. The Balaban J connectivity index is 1.74. The van der Waals surface area contributed by atoms with Crippen LogP contribution < -0.4 is 5.32 Å². The third kappa shape index (κ3) is 5.85. The Morgan fingerprint density at radius 1 is 1.14 bits per heavy atom. The second-order valence-electron chi connectivity index (χ2n) is 11.1. The maximum atomic E-state index is 16.0. The molecule has 5 rings (SSSR count). The van der Waals surface area contributed by atoms with Crippen molar-refractivity contribution in [2.75, 3.05) is 12.4 Å². The number of furan rings is 1. The van der Waals surface area contributed by atoms with E-state index >= 15 is 4.39 Å². The van der Waals surface area contributed by atoms with Crippen molar-refractivity contribution in [3.05, 3.63) is 78.3 Å². The molecule has 0 aliphatic carbocycles. The molecule has 0 unspecified atom stereocenters. The number of hydrogen-bond donors (Lipinski definition) is 1. The second-order valence-corrected chi connectivity index (χ2v) is 12.9. The molecule has 1 N–H and O–H groups in total. The van der Waals surface area contributed by atoms with Crippen LogP contribution in [0.4, 0.5) is 14.6 Å². The lowest BCUT2D eigenvalue weighted by atomic mass is 9.84. The molecule has 0 bridgehead atoms. The normalized spacial score (nSPS) is 12.8. The average Bonchev–Trinajstić information content (AvgIpc) is 3.62. The van der Waals surface area contributed by atoms with Gasteiger partial charge in [-0.25, -0.2) is 36.1 Å². The zero-order chi connectivity index (χ0) is 31.1. The average molecular weight is 610 g/mol. The molecule has 224 valence electrons. The Morgan fingerprint density at radius 2 is 1.86 bits per heavy atom. The van der Waals surface area contributed by atoms with Gasteiger partial charge in [0, 0.05) is 23.2 Å². The highest BCUT2D eigenvalue weighted by Gasteiger charge is 2.31. The summed E-state index contributed by atoms with van der Waals surface area (Å²) in [6, 6.07) is 9.76. The van der Waals surface area contributed by atoms with E-state index in [0.29, 0.717) is 0 Å². The number of benzene rings is 1. The number of nitrogens with zero attached hydrogens (tertiary/aromatic N) is 4. The van der Waals surface area contributed by atoms with Gasteiger partial charge in [-0.1, -0.05) is 38.5 Å². The van der Waals surface area contributed by atoms with Crippen LogP contribution in [0.3, 0.4) is 0 Å². The minimum absolute atomic E-state index is 0.0119. The Bertz CT molecular complexity index is 1920. The molecule has 0 radical (unpaired) electrons. The predicted molar refractivity (Wildman–Crippen MR) is 156 cm³/mol. The standard InChI is InChI=1S/C30H29F2N5O5S/c1-17-8-10-19(11-9-17)43(39,40)37-16-21(20-13-18(31)15-33-29(20)37)27-35-26(22-7-6-12-42-22)25(32)28(36-27)34-23(30(2,3)4)14-24(38)41-5/h6-13,15-16,23H,14H2,1-5H3,(H,34,35,36)/t23-/m1/s1. The van der Waals surface area contributed by atoms with Gasteiger partial charge in [0.2, 0.25) is 0 Å². The minimum atomic E-state index is -4.19. The summed E-state index contributed by atoms with van der Waals surface area (Å²) in [5.41, 5.74) is 0.0889. The number of aryl methyl sites for hydroxylation is 1. The SMILES string of the molecule is COC(=O)C[C@@H](Nc1nc(-c2cn(S(=O)(=O)c3ccc(C)cc3)c3ncc(F)cc23)nc(-c2ccco2)c1F)C(C)(C)C. The molecule has 4 heterocycles. The Labute approximate surface area is 246 Å². The fraction of sp³-hybridized carbons (Fsp3) is 0.267. The number of fused-ring (bicyclic) bond motifs is 1. The van der Waals surface area contributed by atoms with E-state index < -0.39 is 39.1 Å². The van der Waals surface area contributed by atoms with Gasteiger partial charge in [-0.15, -0.1) is 0 Å². The summed E-state index contributed by atoms with van der Waals surface area (Å²) < 4.78 is 69.1. The number of aromatic nitrogens is 4. The molecule has 0 amide bonds. The van der Waals surface area contributed by atoms with Crippen molar-refractivity contribution in [1.82, 2.24) is 18.9 Å². The number of nitrogens with one attached hydrogen (secondary N) is 1. The summed E-state index contributed by atoms with van der Waals surface area (Å²) in [6.07, 6.45) is 3.38. The largest absolute Gasteiger partial charge is 0.469 e. The number of halogens is 2. The summed E-state index contributed by atoms with van der Waals surface area (Å²) in [5.74, 6) is -2.43. The van der Waals surface area contributed by atoms with Crippen LogP contribution in [0.15, 0.2) is 70.4 Å². The van der Waals surface area contributed by atoms with Crippen LogP contribution in [0, 0.1) is 24.0 Å². The highest BCUT2D eigenvalue weighted by Crippen LogP contribution is 2.36. The van der Waals surface area contributed by atoms with Gasteiger partial charge in [-0.2, -0.15) is 0 Å². The van der Waals surface area contributed by atoms with Gasteiger partial charge in [-0.3, -0.25) is 4.79 Å². The van der Waals surface area contributed by atoms with Gasteiger partial charge in [-0.05, 0) is 42.7 Å². The van der Waals surface area contributed by atoms with E-state index in [1.807, 2.05) is 27.7 Å². The number of hydrogen-bond acceptors (Lipinski definition) is 9. The number of esters is 1. The number of methoxy groups -OCH3 is 1. The lowest BCUT2D eigenvalue weighted by Crippen LogP contribution is -2.37. The van der Waals surface area contributed by atoms with Crippen LogP contribution in [-0.4, -0.2) is 46.5 Å². The molecule has 13 heteroatoms. The fourth-order valence-corrected chi connectivity index (χ4v) is 5.79. The van der Waals surface area contributed by atoms with Crippen molar-refractivity contribution in [2.24, 2.45) is 5.41 Å². The summed E-state index contributed by atoms with van der Waals surface area (Å²) in [7, 11) is -2.93. The maximum absolute atomic E-state index is 16.0. The molecule has 0 aliphatic rings. The lowest BCUT2D eigenvalue weighted by Gasteiger charge is -2.31. The van der Waals surface area contributed by atoms with E-state index in [1.54, 1.807) is 18.2 Å². The van der Waals surface area contributed by atoms with E-state index in [2.05, 4.69) is 20.3 Å². The molecule has 0 saturated heterocycles. The number of pyridine rings is 1. The molecular weight excluding hydrogens is 580 g/mol. The summed E-state index contributed by atoms with van der Waals surface area (Å²) in [4.78, 5) is 25.0. The molecule has 0 saturated carbocycles. The van der Waals surface area contributed by atoms with Gasteiger partial charge in [0.25, 0.3) is 10.0 Å². The molecule has 43 heavy (non-hydrogen) atoms. The van der Waals surface area contributed by atoms with Crippen LogP contribution in [0.2, 0.25) is 0 Å². The summed E-state index contributed by atoms with van der Waals surface area (Å²) >= 11 is 0. The molecule has 1 atom stereocenters. The monoisotopic (exact) mass is 609 g/mol. The first-order chi connectivity index (χ1) is 20.3. The molecule has 0 aliphatic heterocycles. The minimum Gasteiger partial charge on any atom is -0.469 e. The number of ether oxygens (including phenoxy) is 1. The van der Waals surface area contributed by atoms with Crippen molar-refractivity contribution in [2.45, 2.75) is 45.1 Å². The van der Waals surface area contributed by atoms with Gasteiger partial charge in [0.15, 0.2) is 28.9 Å². The lowest BCUT2D eigenvalue weighted by molar-refractivity contribution is -0.141. The molecule has 1 aromatic carbocycles. The number of carbonyl (C=O) groups is 1. The topological polar surface area (TPSA) is 129 Å². The van der Waals surface area contributed by atoms with Crippen LogP contribution in [0.1, 0.15) is 32.8 Å². The Morgan fingerprint density at radius 3 is 2.49 bits per heavy atom. The molecule has 4 aromatic heterocycles. The highest BCUT2D eigenvalue weighted by molar-refractivity contribution is 7.90. The second kappa shape index (κ2) is 11.2. The van der Waals surface area contributed by atoms with Gasteiger partial charge in [0.1, 0.15) is 11.5 Å². The van der Waals surface area contributed by atoms with Gasteiger partial charge in [0.05, 0.1) is 30.9 Å². The molecule has 5 aromatic rings. The van der Waals surface area contributed by atoms with Crippen molar-refractivity contribution in [1.29, 1.82) is 0 Å². The molecule has 10 nitrogen and oxygen atoms in total. The first-order valence-corrected chi connectivity index (χ1v) is 14.7. The number of carbonyl (C=O) groups excluding carboxylic acids is 1. The van der Waals surface area contributed by atoms with Crippen LogP contribution in [-0.2, 0) is 19.6 Å². The van der Waals surface area contributed by atoms with Crippen molar-refractivity contribution >= 4 is 32.8 Å². The van der Waals surface area contributed by atoms with E-state index in [0.717, 1.165) is 21.8 Å². The van der Waals surface area contributed by atoms with Crippen LogP contribution in [0.25, 0.3) is 33.9 Å². The van der Waals surface area contributed by atoms with Crippen molar-refractivity contribution < 1.29 is 31.1 Å². The first kappa shape index (κ1) is 29.8. The van der Waals surface area contributed by atoms with E-state index in [9.17, 15) is 17.6 Å². The van der Waals surface area contributed by atoms with Crippen molar-refractivity contribution in [3.8, 4) is 22.8 Å². The smallest absolute Gasteiger partial charge is 0.307 e. The molecule has 0 spiro atoms. The Kier molecular flexibility index (Phi) is 7.78. The number of anilines is 1. The summed E-state index contributed by atoms with van der Waals surface area (Å²) in [5, 5.41) is 3.09. The van der Waals surface area contributed by atoms with Crippen LogP contribution in [0.5, 0.6) is 0 Å². The quantitative estimate of drug-likeness (QED) is 0.212. The van der Waals surface area contributed by atoms with Crippen molar-refractivity contribution in [3.63, 3.8) is 0 Å². The van der Waals surface area contributed by atoms with E-state index in [1.165, 1.54) is 37.8 Å². The van der Waals surface area contributed by atoms with Gasteiger partial charge < -0.3 is 14.5 Å². The predicted octanol–water partition coefficient (Wildman–Crippen LogP) is 5.97. The molecular formula is C30H29F2N5O5S. The van der Waals surface area contributed by atoms with Crippen LogP contribution >= 0.6 is 0 Å². The Hall–Kier alpha value is -4.65. The summed E-state index contributed by atoms with van der Waals surface area (Å²) in [6.45, 7) is 7.41. The molecule has 0 fully saturated rings. The highest BCUT2D eigenvalue weighted by atomic mass is 32.2. The zero-order valence-electron chi connectivity index (χ0n) is 24.1. The van der Waals surface area contributed by atoms with E-state index in [-0.39, 0.29) is 51.0 Å². The maximum Gasteiger partial charge on any atom is 0.307 e. The van der Waals surface area contributed by atoms with Gasteiger partial charge >= 0.3 is 5.97 Å². The fourth-order valence-electron chi connectivity index (χ4n) is 4.47.